The first-order valence-corrected chi connectivity index (χ1v) is 10.6. The van der Waals surface area contributed by atoms with Gasteiger partial charge in [0.25, 0.3) is 0 Å². The number of nitrogens with two attached hydrogens (primary N) is 1. The number of aliphatic hydroxyl groups is 2. The molecule has 1 aliphatic rings. The molecule has 1 aliphatic heterocycles. The first-order chi connectivity index (χ1) is 15.3. The molecule has 1 amide bonds. The number of amides is 1. The van der Waals surface area contributed by atoms with E-state index in [9.17, 15) is 19.8 Å². The molecule has 0 saturated carbocycles. The van der Waals surface area contributed by atoms with Crippen molar-refractivity contribution in [2.24, 2.45) is 5.73 Å². The van der Waals surface area contributed by atoms with Gasteiger partial charge in [-0.2, -0.15) is 0 Å². The highest BCUT2D eigenvalue weighted by Crippen LogP contribution is 2.31. The maximum Gasteiger partial charge on any atom is 0.303 e. The molecular weight excluding hydrogens is 442 g/mol. The standard InChI is InChI=1S/C18H27N7O6S/c19-10(2-3-12(28)29)15(30)20-4-1-5-21-18-23-14-13(16(32)24-18)22-8-25(14)17-11(27)6-9(7-26)31-17/h8-11,17,26-27H,1-7,19H2,(H,20,30)(H,28,29)(H2,21,23,24,32)/t9-,10?,11?,17+/m0/s1. The number of H-pyrrole nitrogens is 1. The number of aromatic nitrogens is 4. The second kappa shape index (κ2) is 10.8. The van der Waals surface area contributed by atoms with Gasteiger partial charge in [0, 0.05) is 25.9 Å². The smallest absolute Gasteiger partial charge is 0.303 e. The van der Waals surface area contributed by atoms with Crippen LogP contribution in [-0.4, -0.2) is 84.7 Å². The number of carbonyl (C=O) groups is 2. The Kier molecular flexibility index (Phi) is 8.09. The Hall–Kier alpha value is -2.65. The van der Waals surface area contributed by atoms with E-state index in [-0.39, 0.29) is 24.1 Å². The summed E-state index contributed by atoms with van der Waals surface area (Å²) in [5, 5.41) is 34.0. The van der Waals surface area contributed by atoms with Crippen molar-refractivity contribution in [3.8, 4) is 0 Å². The van der Waals surface area contributed by atoms with Gasteiger partial charge in [0.15, 0.2) is 10.9 Å². The Labute approximate surface area is 188 Å². The van der Waals surface area contributed by atoms with E-state index in [1.807, 2.05) is 0 Å². The zero-order valence-corrected chi connectivity index (χ0v) is 18.0. The van der Waals surface area contributed by atoms with Crippen LogP contribution < -0.4 is 16.4 Å². The van der Waals surface area contributed by atoms with Gasteiger partial charge in [0.05, 0.1) is 25.1 Å². The van der Waals surface area contributed by atoms with E-state index in [0.717, 1.165) is 0 Å². The summed E-state index contributed by atoms with van der Waals surface area (Å²) in [6, 6.07) is -0.863. The number of ether oxygens (including phenoxy) is 1. The van der Waals surface area contributed by atoms with Crippen LogP contribution in [-0.2, 0) is 14.3 Å². The van der Waals surface area contributed by atoms with Crippen LogP contribution in [0.5, 0.6) is 0 Å². The molecule has 3 rings (SSSR count). The summed E-state index contributed by atoms with van der Waals surface area (Å²) in [6.07, 6.45) is 0.306. The quantitative estimate of drug-likeness (QED) is 0.161. The predicted molar refractivity (Wildman–Crippen MR) is 115 cm³/mol. The number of anilines is 1. The van der Waals surface area contributed by atoms with Crippen LogP contribution in [0.1, 0.15) is 31.9 Å². The number of carboxylic acids is 1. The number of carboxylic acid groups (broad SMARTS) is 1. The number of aromatic amines is 1. The highest BCUT2D eigenvalue weighted by Gasteiger charge is 2.35. The molecule has 1 saturated heterocycles. The molecule has 13 nitrogen and oxygen atoms in total. The number of fused-ring (bicyclic) bond motifs is 1. The maximum absolute atomic E-state index is 11.8. The Bertz CT molecular complexity index is 1010. The summed E-state index contributed by atoms with van der Waals surface area (Å²) in [5.74, 6) is -1.01. The van der Waals surface area contributed by atoms with Gasteiger partial charge in [-0.3, -0.25) is 14.2 Å². The Balaban J connectivity index is 1.55. The van der Waals surface area contributed by atoms with Crippen molar-refractivity contribution in [1.29, 1.82) is 0 Å². The van der Waals surface area contributed by atoms with E-state index >= 15 is 0 Å². The molecule has 176 valence electrons. The highest BCUT2D eigenvalue weighted by molar-refractivity contribution is 7.71. The molecule has 0 radical (unpaired) electrons. The van der Waals surface area contributed by atoms with Gasteiger partial charge in [0.2, 0.25) is 11.9 Å². The second-order valence-corrected chi connectivity index (χ2v) is 7.87. The van der Waals surface area contributed by atoms with Crippen molar-refractivity contribution in [3.05, 3.63) is 11.0 Å². The third kappa shape index (κ3) is 5.77. The fourth-order valence-electron chi connectivity index (χ4n) is 3.36. The monoisotopic (exact) mass is 469 g/mol. The number of carbonyl (C=O) groups excluding carboxylic acids is 1. The molecule has 1 fully saturated rings. The number of aliphatic carboxylic acids is 1. The first kappa shape index (κ1) is 24.0. The number of imidazole rings is 1. The lowest BCUT2D eigenvalue weighted by Crippen LogP contribution is -2.41. The number of nitrogens with zero attached hydrogens (tertiary/aromatic N) is 3. The lowest BCUT2D eigenvalue weighted by molar-refractivity contribution is -0.137. The SMILES string of the molecule is NC(CCC(=O)O)C(=O)NCCCNc1nc(=S)c2ncn([C@@H]3O[C@H](CO)CC3O)c2[nH]1. The molecule has 4 atom stereocenters. The van der Waals surface area contributed by atoms with Crippen LogP contribution >= 0.6 is 12.2 Å². The first-order valence-electron chi connectivity index (χ1n) is 10.2. The van der Waals surface area contributed by atoms with Crippen LogP contribution in [0.15, 0.2) is 6.33 Å². The van der Waals surface area contributed by atoms with Crippen LogP contribution in [0.3, 0.4) is 0 Å². The number of hydrogen-bond acceptors (Lipinski definition) is 10. The highest BCUT2D eigenvalue weighted by atomic mass is 32.1. The summed E-state index contributed by atoms with van der Waals surface area (Å²) in [6.45, 7) is 0.613. The molecule has 0 bridgehead atoms. The van der Waals surface area contributed by atoms with Crippen molar-refractivity contribution in [1.82, 2.24) is 24.8 Å². The Morgan fingerprint density at radius 3 is 2.91 bits per heavy atom. The van der Waals surface area contributed by atoms with Gasteiger partial charge < -0.3 is 41.4 Å². The van der Waals surface area contributed by atoms with Gasteiger partial charge in [0.1, 0.15) is 17.3 Å². The molecule has 2 unspecified atom stereocenters. The minimum absolute atomic E-state index is 0.0755. The lowest BCUT2D eigenvalue weighted by Gasteiger charge is -2.17. The third-order valence-corrected chi connectivity index (χ3v) is 5.33. The van der Waals surface area contributed by atoms with Crippen LogP contribution in [0, 0.1) is 4.64 Å². The van der Waals surface area contributed by atoms with Gasteiger partial charge in [-0.25, -0.2) is 9.97 Å². The Morgan fingerprint density at radius 1 is 1.44 bits per heavy atom. The molecule has 3 heterocycles. The Morgan fingerprint density at radius 2 is 2.22 bits per heavy atom. The van der Waals surface area contributed by atoms with E-state index in [2.05, 4.69) is 25.6 Å². The molecule has 0 aliphatic carbocycles. The topological polar surface area (TPSA) is 201 Å². The number of hydrogen-bond donors (Lipinski definition) is 7. The van der Waals surface area contributed by atoms with Crippen LogP contribution in [0.25, 0.3) is 11.2 Å². The zero-order chi connectivity index (χ0) is 23.3. The van der Waals surface area contributed by atoms with Gasteiger partial charge in [-0.15, -0.1) is 0 Å². The zero-order valence-electron chi connectivity index (χ0n) is 17.2. The molecule has 8 N–H and O–H groups in total. The predicted octanol–water partition coefficient (Wildman–Crippen LogP) is -0.760. The fraction of sp³-hybridized carbons (Fsp3) is 0.611. The number of rotatable bonds is 11. The molecule has 2 aromatic rings. The minimum atomic E-state index is -0.997. The number of nitrogens with one attached hydrogen (secondary N) is 3. The van der Waals surface area contributed by atoms with E-state index in [0.29, 0.717) is 43.0 Å². The van der Waals surface area contributed by atoms with E-state index in [1.165, 1.54) is 6.33 Å². The van der Waals surface area contributed by atoms with Crippen molar-refractivity contribution in [2.75, 3.05) is 25.0 Å². The normalized spacial score (nSPS) is 21.5. The van der Waals surface area contributed by atoms with Crippen LogP contribution in [0.4, 0.5) is 5.95 Å². The maximum atomic E-state index is 11.8. The van der Waals surface area contributed by atoms with E-state index in [1.54, 1.807) is 4.57 Å². The van der Waals surface area contributed by atoms with Gasteiger partial charge in [-0.1, -0.05) is 12.2 Å². The average Bonchev–Trinajstić information content (AvgIpc) is 3.34. The van der Waals surface area contributed by atoms with Gasteiger partial charge >= 0.3 is 5.97 Å². The van der Waals surface area contributed by atoms with Crippen molar-refractivity contribution >= 4 is 41.2 Å². The summed E-state index contributed by atoms with van der Waals surface area (Å²) < 4.78 is 7.57. The number of aliphatic hydroxyl groups excluding tert-OH is 2. The van der Waals surface area contributed by atoms with Crippen LogP contribution in [0.2, 0.25) is 0 Å². The molecular formula is C18H27N7O6S. The van der Waals surface area contributed by atoms with E-state index in [4.69, 9.17) is 27.8 Å². The average molecular weight is 470 g/mol. The van der Waals surface area contributed by atoms with Crippen molar-refractivity contribution < 1.29 is 29.6 Å². The minimum Gasteiger partial charge on any atom is -0.481 e. The third-order valence-electron chi connectivity index (χ3n) is 5.04. The van der Waals surface area contributed by atoms with Crippen molar-refractivity contribution in [3.63, 3.8) is 0 Å². The largest absolute Gasteiger partial charge is 0.481 e. The van der Waals surface area contributed by atoms with E-state index < -0.39 is 36.4 Å². The molecule has 14 heteroatoms. The molecule has 2 aromatic heterocycles. The fourth-order valence-corrected chi connectivity index (χ4v) is 3.60. The molecule has 0 spiro atoms. The molecule has 0 aromatic carbocycles. The van der Waals surface area contributed by atoms with Gasteiger partial charge in [-0.05, 0) is 12.8 Å². The molecule has 32 heavy (non-hydrogen) atoms. The summed E-state index contributed by atoms with van der Waals surface area (Å²) in [7, 11) is 0. The second-order valence-electron chi connectivity index (χ2n) is 7.48. The summed E-state index contributed by atoms with van der Waals surface area (Å²) in [4.78, 5) is 34.0. The van der Waals surface area contributed by atoms with Crippen molar-refractivity contribution in [2.45, 2.75) is 50.2 Å². The summed E-state index contributed by atoms with van der Waals surface area (Å²) in [5.41, 5.74) is 6.63. The lowest BCUT2D eigenvalue weighted by atomic mass is 10.1. The summed E-state index contributed by atoms with van der Waals surface area (Å²) >= 11 is 5.31.